The highest BCUT2D eigenvalue weighted by molar-refractivity contribution is 9.10. The van der Waals surface area contributed by atoms with Crippen molar-refractivity contribution in [1.29, 1.82) is 0 Å². The first kappa shape index (κ1) is 17.0. The molecule has 0 N–H and O–H groups in total. The lowest BCUT2D eigenvalue weighted by molar-refractivity contribution is 0.464. The van der Waals surface area contributed by atoms with E-state index in [9.17, 15) is 0 Å². The molecule has 2 heterocycles. The Bertz CT molecular complexity index is 929. The minimum absolute atomic E-state index is 0.456. The summed E-state index contributed by atoms with van der Waals surface area (Å²) >= 11 is 4.76. The molecule has 8 heteroatoms. The molecule has 0 saturated carbocycles. The first-order valence-corrected chi connectivity index (χ1v) is 9.57. The highest BCUT2D eigenvalue weighted by Gasteiger charge is 2.13. The fourth-order valence-corrected chi connectivity index (χ4v) is 3.09. The quantitative estimate of drug-likeness (QED) is 0.406. The molecule has 0 amide bonds. The molecule has 0 saturated heterocycles. The minimum atomic E-state index is 0.456. The third-order valence-corrected chi connectivity index (χ3v) is 4.91. The zero-order valence-electron chi connectivity index (χ0n) is 13.7. The summed E-state index contributed by atoms with van der Waals surface area (Å²) in [4.78, 5) is 0. The van der Waals surface area contributed by atoms with Crippen molar-refractivity contribution in [2.75, 3.05) is 0 Å². The number of nitrogens with zero attached hydrogens (tertiary/aromatic N) is 4. The van der Waals surface area contributed by atoms with E-state index >= 15 is 0 Å². The van der Waals surface area contributed by atoms with Crippen LogP contribution in [-0.2, 0) is 5.75 Å². The third kappa shape index (κ3) is 3.86. The smallest absolute Gasteiger partial charge is 0.277 e. The van der Waals surface area contributed by atoms with Gasteiger partial charge in [-0.15, -0.1) is 20.4 Å². The monoisotopic (exact) mass is 428 g/mol. The molecule has 2 aromatic heterocycles. The summed E-state index contributed by atoms with van der Waals surface area (Å²) < 4.78 is 12.4. The van der Waals surface area contributed by atoms with Gasteiger partial charge in [0, 0.05) is 15.6 Å². The lowest BCUT2D eigenvalue weighted by atomic mass is 10.1. The van der Waals surface area contributed by atoms with Gasteiger partial charge in [-0.3, -0.25) is 0 Å². The van der Waals surface area contributed by atoms with Gasteiger partial charge >= 0.3 is 0 Å². The maximum atomic E-state index is 5.70. The maximum absolute atomic E-state index is 5.70. The van der Waals surface area contributed by atoms with Crippen LogP contribution < -0.4 is 0 Å². The van der Waals surface area contributed by atoms with Gasteiger partial charge < -0.3 is 8.83 Å². The number of thioether (sulfide) groups is 1. The van der Waals surface area contributed by atoms with Gasteiger partial charge in [-0.05, 0) is 43.3 Å². The Balaban J connectivity index is 1.42. The molecule has 0 radical (unpaired) electrons. The fourth-order valence-electron chi connectivity index (χ4n) is 2.23. The number of aromatic nitrogens is 4. The molecular weight excluding hydrogens is 416 g/mol. The predicted molar refractivity (Wildman–Crippen MR) is 101 cm³/mol. The maximum Gasteiger partial charge on any atom is 0.277 e. The molecule has 0 atom stereocenters. The number of hydrogen-bond acceptors (Lipinski definition) is 7. The summed E-state index contributed by atoms with van der Waals surface area (Å²) in [5.41, 5.74) is 2.95. The number of halogens is 1. The molecule has 2 aromatic carbocycles. The molecule has 0 fully saturated rings. The van der Waals surface area contributed by atoms with Crippen LogP contribution in [0, 0.1) is 6.92 Å². The third-order valence-electron chi connectivity index (χ3n) is 3.58. The average molecular weight is 429 g/mol. The van der Waals surface area contributed by atoms with Crippen LogP contribution >= 0.6 is 27.7 Å². The predicted octanol–water partition coefficient (Wildman–Crippen LogP) is 5.15. The largest absolute Gasteiger partial charge is 0.420 e. The van der Waals surface area contributed by atoms with Crippen LogP contribution in [0.5, 0.6) is 0 Å². The average Bonchev–Trinajstić information content (AvgIpc) is 3.31. The van der Waals surface area contributed by atoms with Crippen molar-refractivity contribution in [3.8, 4) is 22.9 Å². The van der Waals surface area contributed by atoms with Crippen LogP contribution in [0.1, 0.15) is 11.5 Å². The van der Waals surface area contributed by atoms with Crippen LogP contribution in [0.15, 0.2) is 67.1 Å². The van der Waals surface area contributed by atoms with Crippen LogP contribution in [-0.4, -0.2) is 20.4 Å². The second-order valence-electron chi connectivity index (χ2n) is 5.54. The molecule has 0 aliphatic carbocycles. The first-order valence-electron chi connectivity index (χ1n) is 7.79. The normalized spacial score (nSPS) is 11.0. The summed E-state index contributed by atoms with van der Waals surface area (Å²) in [6.45, 7) is 2.03. The number of rotatable bonds is 5. The van der Waals surface area contributed by atoms with Gasteiger partial charge in [-0.1, -0.05) is 45.4 Å². The molecule has 0 bridgehead atoms. The summed E-state index contributed by atoms with van der Waals surface area (Å²) in [7, 11) is 0. The Morgan fingerprint density at radius 1 is 0.808 bits per heavy atom. The minimum Gasteiger partial charge on any atom is -0.420 e. The van der Waals surface area contributed by atoms with Crippen molar-refractivity contribution in [3.05, 3.63) is 64.5 Å². The lowest BCUT2D eigenvalue weighted by Gasteiger charge is -1.95. The molecule has 0 aliphatic heterocycles. The van der Waals surface area contributed by atoms with Crippen LogP contribution in [0.4, 0.5) is 0 Å². The van der Waals surface area contributed by atoms with Crippen molar-refractivity contribution < 1.29 is 8.83 Å². The highest BCUT2D eigenvalue weighted by atomic mass is 79.9. The van der Waals surface area contributed by atoms with E-state index in [-0.39, 0.29) is 0 Å². The number of aryl methyl sites for hydroxylation is 1. The van der Waals surface area contributed by atoms with Gasteiger partial charge in [0.15, 0.2) is 0 Å². The molecule has 4 aromatic rings. The van der Waals surface area contributed by atoms with Crippen LogP contribution in [0.3, 0.4) is 0 Å². The molecule has 6 nitrogen and oxygen atoms in total. The Hall–Kier alpha value is -2.45. The zero-order valence-corrected chi connectivity index (χ0v) is 16.1. The van der Waals surface area contributed by atoms with E-state index in [1.807, 2.05) is 55.5 Å². The van der Waals surface area contributed by atoms with E-state index in [0.29, 0.717) is 28.6 Å². The topological polar surface area (TPSA) is 77.8 Å². The van der Waals surface area contributed by atoms with E-state index in [2.05, 4.69) is 36.3 Å². The van der Waals surface area contributed by atoms with Crippen molar-refractivity contribution >= 4 is 27.7 Å². The lowest BCUT2D eigenvalue weighted by Crippen LogP contribution is -1.80. The van der Waals surface area contributed by atoms with Gasteiger partial charge in [-0.25, -0.2) is 0 Å². The summed E-state index contributed by atoms with van der Waals surface area (Å²) in [5, 5.41) is 16.7. The summed E-state index contributed by atoms with van der Waals surface area (Å²) in [5.74, 6) is 1.95. The first-order chi connectivity index (χ1) is 12.7. The molecular formula is C18H13BrN4O2S. The second-order valence-corrected chi connectivity index (χ2v) is 7.38. The van der Waals surface area contributed by atoms with E-state index in [4.69, 9.17) is 8.83 Å². The SMILES string of the molecule is Cc1ccc(-c2nnc(CSc3nnc(-c4ccc(Br)cc4)o3)o2)cc1. The van der Waals surface area contributed by atoms with Gasteiger partial charge in [0.2, 0.25) is 17.7 Å². The highest BCUT2D eigenvalue weighted by Crippen LogP contribution is 2.27. The van der Waals surface area contributed by atoms with Gasteiger partial charge in [0.25, 0.3) is 5.22 Å². The van der Waals surface area contributed by atoms with Crippen LogP contribution in [0.25, 0.3) is 22.9 Å². The Morgan fingerprint density at radius 2 is 1.42 bits per heavy atom. The number of benzene rings is 2. The van der Waals surface area contributed by atoms with Crippen LogP contribution in [0.2, 0.25) is 0 Å². The molecule has 26 heavy (non-hydrogen) atoms. The Morgan fingerprint density at radius 3 is 2.15 bits per heavy atom. The molecule has 4 rings (SSSR count). The molecule has 0 unspecified atom stereocenters. The molecule has 0 aliphatic rings. The van der Waals surface area contributed by atoms with Crippen molar-refractivity contribution in [1.82, 2.24) is 20.4 Å². The van der Waals surface area contributed by atoms with E-state index in [1.54, 1.807) is 0 Å². The summed E-state index contributed by atoms with van der Waals surface area (Å²) in [6.07, 6.45) is 0. The number of hydrogen-bond donors (Lipinski definition) is 0. The Kier molecular flexibility index (Phi) is 4.85. The van der Waals surface area contributed by atoms with Gasteiger partial charge in [0.05, 0.1) is 5.75 Å². The fraction of sp³-hybridized carbons (Fsp3) is 0.111. The zero-order chi connectivity index (χ0) is 17.9. The standard InChI is InChI=1S/C18H13BrN4O2S/c1-11-2-4-12(5-3-11)16-21-20-15(24-16)10-26-18-23-22-17(25-18)13-6-8-14(19)9-7-13/h2-9H,10H2,1H3. The molecule has 0 spiro atoms. The Labute approximate surface area is 162 Å². The summed E-state index contributed by atoms with van der Waals surface area (Å²) in [6, 6.07) is 15.6. The van der Waals surface area contributed by atoms with Crippen molar-refractivity contribution in [2.24, 2.45) is 0 Å². The van der Waals surface area contributed by atoms with E-state index < -0.39 is 0 Å². The van der Waals surface area contributed by atoms with Gasteiger partial charge in [-0.2, -0.15) is 0 Å². The van der Waals surface area contributed by atoms with Crippen molar-refractivity contribution in [3.63, 3.8) is 0 Å². The van der Waals surface area contributed by atoms with E-state index in [1.165, 1.54) is 17.3 Å². The van der Waals surface area contributed by atoms with E-state index in [0.717, 1.165) is 15.6 Å². The second kappa shape index (κ2) is 7.43. The van der Waals surface area contributed by atoms with Crippen molar-refractivity contribution in [2.45, 2.75) is 17.9 Å². The van der Waals surface area contributed by atoms with Gasteiger partial charge in [0.1, 0.15) is 0 Å². The molecule has 130 valence electrons.